The Hall–Kier alpha value is -1.18. The van der Waals surface area contributed by atoms with E-state index < -0.39 is 30.4 Å². The summed E-state index contributed by atoms with van der Waals surface area (Å²) < 4.78 is 45.9. The predicted molar refractivity (Wildman–Crippen MR) is 73.4 cm³/mol. The Balaban J connectivity index is 2.49. The van der Waals surface area contributed by atoms with Gasteiger partial charge in [-0.15, -0.1) is 0 Å². The van der Waals surface area contributed by atoms with Crippen LogP contribution in [0.5, 0.6) is 0 Å². The SMILES string of the molecule is O=S(=O)(Cl)CCS(=O)(=O)c1nccc2ccccc12. The van der Waals surface area contributed by atoms with Crippen molar-refractivity contribution in [3.05, 3.63) is 36.5 Å². The first kappa shape index (κ1) is 14.2. The van der Waals surface area contributed by atoms with E-state index in [2.05, 4.69) is 4.98 Å². The van der Waals surface area contributed by atoms with Crippen molar-refractivity contribution < 1.29 is 16.8 Å². The summed E-state index contributed by atoms with van der Waals surface area (Å²) in [6.07, 6.45) is 1.38. The molecule has 1 aromatic carbocycles. The zero-order valence-electron chi connectivity index (χ0n) is 9.65. The standard InChI is InChI=1S/C11H10ClNO4S2/c12-19(16,17)8-7-18(14,15)11-10-4-2-1-3-9(10)5-6-13-11/h1-6H,7-8H2. The smallest absolute Gasteiger partial charge is 0.233 e. The summed E-state index contributed by atoms with van der Waals surface area (Å²) in [5.74, 6) is -1.22. The number of hydrogen-bond donors (Lipinski definition) is 0. The van der Waals surface area contributed by atoms with Crippen LogP contribution in [0.2, 0.25) is 0 Å². The minimum Gasteiger partial charge on any atom is -0.244 e. The molecule has 0 unspecified atom stereocenters. The molecule has 2 aromatic rings. The molecule has 0 aliphatic heterocycles. The van der Waals surface area contributed by atoms with Crippen LogP contribution in [0.25, 0.3) is 10.8 Å². The first-order chi connectivity index (χ1) is 8.80. The summed E-state index contributed by atoms with van der Waals surface area (Å²) in [4.78, 5) is 3.85. The molecular formula is C11H10ClNO4S2. The molecule has 19 heavy (non-hydrogen) atoms. The third-order valence-corrected chi connectivity index (χ3v) is 5.60. The fourth-order valence-electron chi connectivity index (χ4n) is 1.65. The van der Waals surface area contributed by atoms with Gasteiger partial charge in [0.15, 0.2) is 14.9 Å². The quantitative estimate of drug-likeness (QED) is 0.799. The summed E-state index contributed by atoms with van der Waals surface area (Å²) in [5, 5.41) is 1.08. The van der Waals surface area contributed by atoms with Crippen LogP contribution in [0.3, 0.4) is 0 Å². The lowest BCUT2D eigenvalue weighted by Crippen LogP contribution is -2.15. The monoisotopic (exact) mass is 319 g/mol. The van der Waals surface area contributed by atoms with Gasteiger partial charge in [0.25, 0.3) is 0 Å². The van der Waals surface area contributed by atoms with Crippen molar-refractivity contribution in [2.45, 2.75) is 5.03 Å². The molecule has 0 saturated heterocycles. The Morgan fingerprint density at radius 2 is 1.68 bits per heavy atom. The molecule has 8 heteroatoms. The summed E-state index contributed by atoms with van der Waals surface area (Å²) in [6, 6.07) is 8.55. The minimum atomic E-state index is -3.85. The zero-order chi connectivity index (χ0) is 14.1. The lowest BCUT2D eigenvalue weighted by Gasteiger charge is -2.06. The van der Waals surface area contributed by atoms with E-state index in [0.717, 1.165) is 5.39 Å². The van der Waals surface area contributed by atoms with E-state index in [1.165, 1.54) is 6.20 Å². The average Bonchev–Trinajstić information content (AvgIpc) is 2.35. The van der Waals surface area contributed by atoms with Crippen molar-refractivity contribution in [3.63, 3.8) is 0 Å². The summed E-state index contributed by atoms with van der Waals surface area (Å²) in [5.41, 5.74) is 0. The molecule has 102 valence electrons. The summed E-state index contributed by atoms with van der Waals surface area (Å²) in [7, 11) is -2.62. The van der Waals surface area contributed by atoms with Gasteiger partial charge in [0.05, 0.1) is 11.5 Å². The van der Waals surface area contributed by atoms with Gasteiger partial charge in [-0.3, -0.25) is 0 Å². The second-order valence-electron chi connectivity index (χ2n) is 3.90. The Kier molecular flexibility index (Phi) is 3.80. The first-order valence-electron chi connectivity index (χ1n) is 5.28. The second-order valence-corrected chi connectivity index (χ2v) is 8.82. The number of aromatic nitrogens is 1. The number of rotatable bonds is 4. The average molecular weight is 320 g/mol. The van der Waals surface area contributed by atoms with Crippen molar-refractivity contribution >= 4 is 40.3 Å². The molecule has 0 spiro atoms. The van der Waals surface area contributed by atoms with Crippen LogP contribution in [0.15, 0.2) is 41.6 Å². The fourth-order valence-corrected chi connectivity index (χ4v) is 4.82. The molecule has 0 radical (unpaired) electrons. The third-order valence-electron chi connectivity index (χ3n) is 2.53. The van der Waals surface area contributed by atoms with Crippen LogP contribution in [-0.4, -0.2) is 33.3 Å². The molecule has 0 aliphatic carbocycles. The normalized spacial score (nSPS) is 12.7. The summed E-state index contributed by atoms with van der Waals surface area (Å²) >= 11 is 0. The highest BCUT2D eigenvalue weighted by Gasteiger charge is 2.21. The number of nitrogens with zero attached hydrogens (tertiary/aromatic N) is 1. The predicted octanol–water partition coefficient (Wildman–Crippen LogP) is 1.58. The fraction of sp³-hybridized carbons (Fsp3) is 0.182. The molecule has 5 nitrogen and oxygen atoms in total. The van der Waals surface area contributed by atoms with Gasteiger partial charge in [0.2, 0.25) is 9.05 Å². The van der Waals surface area contributed by atoms with Gasteiger partial charge in [-0.05, 0) is 11.5 Å². The van der Waals surface area contributed by atoms with Gasteiger partial charge in [-0.25, -0.2) is 21.8 Å². The largest absolute Gasteiger partial charge is 0.244 e. The maximum atomic E-state index is 12.1. The van der Waals surface area contributed by atoms with Crippen molar-refractivity contribution in [2.24, 2.45) is 0 Å². The number of pyridine rings is 1. The Labute approximate surface area is 115 Å². The maximum Gasteiger partial charge on any atom is 0.233 e. The topological polar surface area (TPSA) is 81.2 Å². The van der Waals surface area contributed by atoms with Crippen LogP contribution in [-0.2, 0) is 18.9 Å². The molecule has 0 atom stereocenters. The molecule has 1 aromatic heterocycles. The molecule has 1 heterocycles. The molecule has 0 bridgehead atoms. The minimum absolute atomic E-state index is 0.120. The van der Waals surface area contributed by atoms with Crippen LogP contribution >= 0.6 is 10.7 Å². The lowest BCUT2D eigenvalue weighted by atomic mass is 10.2. The van der Waals surface area contributed by atoms with Gasteiger partial charge >= 0.3 is 0 Å². The van der Waals surface area contributed by atoms with Crippen LogP contribution in [0.1, 0.15) is 0 Å². The number of sulfone groups is 1. The highest BCUT2D eigenvalue weighted by Crippen LogP contribution is 2.21. The van der Waals surface area contributed by atoms with Crippen LogP contribution in [0.4, 0.5) is 0 Å². The highest BCUT2D eigenvalue weighted by atomic mass is 35.7. The highest BCUT2D eigenvalue weighted by molar-refractivity contribution is 8.14. The maximum absolute atomic E-state index is 12.1. The summed E-state index contributed by atoms with van der Waals surface area (Å²) in [6.45, 7) is 0. The zero-order valence-corrected chi connectivity index (χ0v) is 12.0. The Morgan fingerprint density at radius 3 is 2.37 bits per heavy atom. The lowest BCUT2D eigenvalue weighted by molar-refractivity contribution is 0.590. The molecule has 0 fully saturated rings. The Morgan fingerprint density at radius 1 is 1.00 bits per heavy atom. The van der Waals surface area contributed by atoms with E-state index in [-0.39, 0.29) is 5.03 Å². The third kappa shape index (κ3) is 3.43. The second kappa shape index (κ2) is 5.07. The van der Waals surface area contributed by atoms with E-state index in [4.69, 9.17) is 10.7 Å². The number of halogens is 1. The van der Waals surface area contributed by atoms with Gasteiger partial charge in [-0.2, -0.15) is 0 Å². The molecule has 0 aliphatic rings. The van der Waals surface area contributed by atoms with E-state index in [9.17, 15) is 16.8 Å². The molecule has 0 saturated carbocycles. The number of fused-ring (bicyclic) bond motifs is 1. The molecular weight excluding hydrogens is 310 g/mol. The molecule has 0 N–H and O–H groups in total. The van der Waals surface area contributed by atoms with Gasteiger partial charge in [0, 0.05) is 22.3 Å². The molecule has 0 amide bonds. The van der Waals surface area contributed by atoms with E-state index in [0.29, 0.717) is 5.39 Å². The number of hydrogen-bond acceptors (Lipinski definition) is 5. The van der Waals surface area contributed by atoms with E-state index in [1.807, 2.05) is 0 Å². The van der Waals surface area contributed by atoms with Crippen molar-refractivity contribution in [3.8, 4) is 0 Å². The van der Waals surface area contributed by atoms with Gasteiger partial charge in [0.1, 0.15) is 0 Å². The molecule has 2 rings (SSSR count). The first-order valence-corrected chi connectivity index (χ1v) is 9.41. The van der Waals surface area contributed by atoms with Gasteiger partial charge < -0.3 is 0 Å². The van der Waals surface area contributed by atoms with Crippen LogP contribution in [0, 0.1) is 0 Å². The van der Waals surface area contributed by atoms with E-state index >= 15 is 0 Å². The van der Waals surface area contributed by atoms with Crippen molar-refractivity contribution in [1.29, 1.82) is 0 Å². The number of benzene rings is 1. The van der Waals surface area contributed by atoms with Crippen molar-refractivity contribution in [1.82, 2.24) is 4.98 Å². The van der Waals surface area contributed by atoms with E-state index in [1.54, 1.807) is 30.3 Å². The Bertz CT molecular complexity index is 810. The van der Waals surface area contributed by atoms with Crippen LogP contribution < -0.4 is 0 Å². The van der Waals surface area contributed by atoms with Gasteiger partial charge in [-0.1, -0.05) is 24.3 Å². The van der Waals surface area contributed by atoms with Crippen molar-refractivity contribution in [2.75, 3.05) is 11.5 Å².